The highest BCUT2D eigenvalue weighted by Gasteiger charge is 2.42. The van der Waals surface area contributed by atoms with Crippen molar-refractivity contribution >= 4 is 23.6 Å². The Morgan fingerprint density at radius 1 is 0.806 bits per heavy atom. The Hall–Kier alpha value is -3.88. The third kappa shape index (κ3) is 4.50. The van der Waals surface area contributed by atoms with E-state index in [0.717, 1.165) is 6.07 Å². The minimum atomic E-state index is -0.680. The minimum absolute atomic E-state index is 0.0778. The van der Waals surface area contributed by atoms with Crippen molar-refractivity contribution in [1.29, 1.82) is 0 Å². The number of phenols is 2. The summed E-state index contributed by atoms with van der Waals surface area (Å²) in [6.07, 6.45) is 0. The van der Waals surface area contributed by atoms with E-state index in [0.29, 0.717) is 0 Å². The molecule has 1 aliphatic rings. The summed E-state index contributed by atoms with van der Waals surface area (Å²) in [4.78, 5) is 50.8. The number of benzene rings is 2. The Kier molecular flexibility index (Phi) is 5.70. The molecule has 4 amide bonds. The van der Waals surface area contributed by atoms with Gasteiger partial charge in [-0.1, -0.05) is 0 Å². The zero-order valence-electron chi connectivity index (χ0n) is 17.4. The number of aromatic hydroxyl groups is 2. The molecule has 1 aliphatic heterocycles. The smallest absolute Gasteiger partial charge is 0.262 e. The molecule has 0 aliphatic carbocycles. The van der Waals surface area contributed by atoms with Crippen molar-refractivity contribution in [3.05, 3.63) is 58.7 Å². The van der Waals surface area contributed by atoms with Crippen LogP contribution >= 0.6 is 0 Å². The van der Waals surface area contributed by atoms with Crippen molar-refractivity contribution in [3.8, 4) is 11.5 Å². The van der Waals surface area contributed by atoms with Gasteiger partial charge in [-0.3, -0.25) is 24.1 Å². The maximum absolute atomic E-state index is 12.6. The van der Waals surface area contributed by atoms with Crippen molar-refractivity contribution in [2.45, 2.75) is 26.3 Å². The van der Waals surface area contributed by atoms with E-state index >= 15 is 0 Å². The second kappa shape index (κ2) is 8.10. The molecule has 2 aromatic rings. The van der Waals surface area contributed by atoms with Crippen molar-refractivity contribution in [2.24, 2.45) is 0 Å². The average Bonchev–Trinajstić information content (AvgIpc) is 2.94. The number of fused-ring (bicyclic) bond motifs is 1. The standard InChI is InChI=1S/C22H23N3O6/c1-22(2,3)25-20(30)16-5-4-12(10-17(16)21(25)31)18(28)23-6-7-24-19(29)13-8-14(26)11-15(27)9-13/h4-5,8-11,26-27H,6-7H2,1-3H3,(H,23,28)(H,24,29). The van der Waals surface area contributed by atoms with Gasteiger partial charge in [-0.15, -0.1) is 0 Å². The van der Waals surface area contributed by atoms with Gasteiger partial charge in [0, 0.05) is 35.8 Å². The van der Waals surface area contributed by atoms with E-state index in [1.807, 2.05) is 0 Å². The molecule has 1 heterocycles. The predicted octanol–water partition coefficient (Wildman–Crippen LogP) is 1.65. The second-order valence-electron chi connectivity index (χ2n) is 8.13. The molecule has 0 bridgehead atoms. The first-order valence-electron chi connectivity index (χ1n) is 9.61. The van der Waals surface area contributed by atoms with Crippen LogP contribution in [0.2, 0.25) is 0 Å². The Morgan fingerprint density at radius 2 is 1.32 bits per heavy atom. The highest BCUT2D eigenvalue weighted by Crippen LogP contribution is 2.29. The van der Waals surface area contributed by atoms with Gasteiger partial charge in [0.05, 0.1) is 11.1 Å². The van der Waals surface area contributed by atoms with E-state index in [1.165, 1.54) is 35.2 Å². The van der Waals surface area contributed by atoms with Crippen LogP contribution in [0.3, 0.4) is 0 Å². The SMILES string of the molecule is CC(C)(C)N1C(=O)c2ccc(C(=O)NCCNC(=O)c3cc(O)cc(O)c3)cc2C1=O. The van der Waals surface area contributed by atoms with Gasteiger partial charge in [0.25, 0.3) is 23.6 Å². The molecule has 0 unspecified atom stereocenters. The van der Waals surface area contributed by atoms with Crippen molar-refractivity contribution in [1.82, 2.24) is 15.5 Å². The van der Waals surface area contributed by atoms with E-state index < -0.39 is 23.3 Å². The highest BCUT2D eigenvalue weighted by atomic mass is 16.3. The van der Waals surface area contributed by atoms with Crippen molar-refractivity contribution < 1.29 is 29.4 Å². The number of rotatable bonds is 5. The van der Waals surface area contributed by atoms with Crippen LogP contribution in [0, 0.1) is 0 Å². The van der Waals surface area contributed by atoms with E-state index in [2.05, 4.69) is 10.6 Å². The molecule has 0 spiro atoms. The van der Waals surface area contributed by atoms with E-state index in [1.54, 1.807) is 20.8 Å². The molecule has 2 aromatic carbocycles. The fourth-order valence-electron chi connectivity index (χ4n) is 3.27. The van der Waals surface area contributed by atoms with Gasteiger partial charge in [-0.25, -0.2) is 0 Å². The predicted molar refractivity (Wildman–Crippen MR) is 111 cm³/mol. The molecule has 0 fully saturated rings. The summed E-state index contributed by atoms with van der Waals surface area (Å²) in [6, 6.07) is 7.85. The lowest BCUT2D eigenvalue weighted by Gasteiger charge is -2.29. The van der Waals surface area contributed by atoms with Gasteiger partial charge in [0.1, 0.15) is 11.5 Å². The Labute approximate surface area is 178 Å². The number of phenolic OH excluding ortho intramolecular Hbond substituents is 2. The molecule has 3 rings (SSSR count). The lowest BCUT2D eigenvalue weighted by Crippen LogP contribution is -2.45. The van der Waals surface area contributed by atoms with Crippen LogP contribution in [0.25, 0.3) is 0 Å². The van der Waals surface area contributed by atoms with Gasteiger partial charge in [-0.2, -0.15) is 0 Å². The van der Waals surface area contributed by atoms with E-state index in [9.17, 15) is 29.4 Å². The number of imide groups is 1. The summed E-state index contributed by atoms with van der Waals surface area (Å²) in [6.45, 7) is 5.48. The quantitative estimate of drug-likeness (QED) is 0.425. The summed E-state index contributed by atoms with van der Waals surface area (Å²) in [7, 11) is 0. The summed E-state index contributed by atoms with van der Waals surface area (Å²) in [5.41, 5.74) is 0.0664. The fraction of sp³-hybridized carbons (Fsp3) is 0.273. The Balaban J connectivity index is 1.59. The van der Waals surface area contributed by atoms with E-state index in [4.69, 9.17) is 0 Å². The van der Waals surface area contributed by atoms with Crippen LogP contribution in [-0.2, 0) is 0 Å². The molecule has 4 N–H and O–H groups in total. The normalized spacial score (nSPS) is 13.2. The van der Waals surface area contributed by atoms with Crippen molar-refractivity contribution in [3.63, 3.8) is 0 Å². The van der Waals surface area contributed by atoms with Crippen LogP contribution in [0.5, 0.6) is 11.5 Å². The van der Waals surface area contributed by atoms with Crippen LogP contribution in [0.1, 0.15) is 62.2 Å². The zero-order chi connectivity index (χ0) is 22.9. The number of hydrogen-bond acceptors (Lipinski definition) is 6. The van der Waals surface area contributed by atoms with Crippen LogP contribution in [0.15, 0.2) is 36.4 Å². The van der Waals surface area contributed by atoms with Gasteiger partial charge >= 0.3 is 0 Å². The molecule has 0 radical (unpaired) electrons. The van der Waals surface area contributed by atoms with Gasteiger partial charge in [0.2, 0.25) is 0 Å². The molecular formula is C22H23N3O6. The first-order chi connectivity index (χ1) is 14.5. The largest absolute Gasteiger partial charge is 0.508 e. The zero-order valence-corrected chi connectivity index (χ0v) is 17.4. The molecule has 0 atom stereocenters. The first-order valence-corrected chi connectivity index (χ1v) is 9.61. The summed E-state index contributed by atoms with van der Waals surface area (Å²) >= 11 is 0. The van der Waals surface area contributed by atoms with Crippen molar-refractivity contribution in [2.75, 3.05) is 13.1 Å². The maximum Gasteiger partial charge on any atom is 0.262 e. The number of hydrogen-bond donors (Lipinski definition) is 4. The molecule has 31 heavy (non-hydrogen) atoms. The number of carbonyl (C=O) groups excluding carboxylic acids is 4. The lowest BCUT2D eigenvalue weighted by atomic mass is 10.1. The molecule has 9 heteroatoms. The van der Waals surface area contributed by atoms with Gasteiger partial charge in [-0.05, 0) is 51.1 Å². The van der Waals surface area contributed by atoms with E-state index in [-0.39, 0.29) is 52.7 Å². The Bertz CT molecular complexity index is 1070. The fourth-order valence-corrected chi connectivity index (χ4v) is 3.27. The molecule has 9 nitrogen and oxygen atoms in total. The summed E-state index contributed by atoms with van der Waals surface area (Å²) in [5, 5.41) is 24.0. The topological polar surface area (TPSA) is 136 Å². The third-order valence-electron chi connectivity index (χ3n) is 4.68. The third-order valence-corrected chi connectivity index (χ3v) is 4.68. The summed E-state index contributed by atoms with van der Waals surface area (Å²) < 4.78 is 0. The number of nitrogens with zero attached hydrogens (tertiary/aromatic N) is 1. The second-order valence-corrected chi connectivity index (χ2v) is 8.13. The monoisotopic (exact) mass is 425 g/mol. The van der Waals surface area contributed by atoms with Gasteiger partial charge < -0.3 is 20.8 Å². The van der Waals surface area contributed by atoms with Crippen LogP contribution in [-0.4, -0.2) is 57.4 Å². The highest BCUT2D eigenvalue weighted by molar-refractivity contribution is 6.22. The van der Waals surface area contributed by atoms with Gasteiger partial charge in [0.15, 0.2) is 0 Å². The average molecular weight is 425 g/mol. The first kappa shape index (κ1) is 21.8. The molecular weight excluding hydrogens is 402 g/mol. The number of amides is 4. The maximum atomic E-state index is 12.6. The lowest BCUT2D eigenvalue weighted by molar-refractivity contribution is 0.0507. The molecule has 162 valence electrons. The number of nitrogens with one attached hydrogen (secondary N) is 2. The summed E-state index contributed by atoms with van der Waals surface area (Å²) in [5.74, 6) is -2.30. The van der Waals surface area contributed by atoms with Crippen LogP contribution in [0.4, 0.5) is 0 Å². The number of carbonyl (C=O) groups is 4. The molecule has 0 saturated carbocycles. The van der Waals surface area contributed by atoms with Crippen LogP contribution < -0.4 is 10.6 Å². The molecule has 0 saturated heterocycles. The Morgan fingerprint density at radius 3 is 1.87 bits per heavy atom. The minimum Gasteiger partial charge on any atom is -0.508 e. The molecule has 0 aromatic heterocycles.